The lowest BCUT2D eigenvalue weighted by molar-refractivity contribution is -0.144. The van der Waals surface area contributed by atoms with Crippen molar-refractivity contribution in [3.8, 4) is 0 Å². The van der Waals surface area contributed by atoms with Gasteiger partial charge in [0.25, 0.3) is 0 Å². The van der Waals surface area contributed by atoms with Crippen LogP contribution in [0.15, 0.2) is 38.2 Å². The van der Waals surface area contributed by atoms with E-state index in [-0.39, 0.29) is 5.97 Å². The molecule has 132 valence electrons. The summed E-state index contributed by atoms with van der Waals surface area (Å²) in [4.78, 5) is 13.0. The van der Waals surface area contributed by atoms with Crippen molar-refractivity contribution in [3.63, 3.8) is 0 Å². The van der Waals surface area contributed by atoms with Crippen LogP contribution >= 0.6 is 27.7 Å². The topological polar surface area (TPSA) is 39.4 Å². The molecule has 2 aromatic rings. The summed E-state index contributed by atoms with van der Waals surface area (Å²) >= 11 is 5.18. The Balaban J connectivity index is 1.73. The number of hydrogen-bond acceptors (Lipinski definition) is 4. The van der Waals surface area contributed by atoms with Gasteiger partial charge in [0, 0.05) is 16.0 Å². The number of unbranched alkanes of at least 4 members (excludes halogenated alkanes) is 1. The number of halogens is 1. The van der Waals surface area contributed by atoms with Gasteiger partial charge in [-0.05, 0) is 46.5 Å². The van der Waals surface area contributed by atoms with Gasteiger partial charge in [0.15, 0.2) is 0 Å². The van der Waals surface area contributed by atoms with Gasteiger partial charge in [0.1, 0.15) is 5.58 Å². The van der Waals surface area contributed by atoms with Crippen LogP contribution in [0.4, 0.5) is 0 Å². The molecular formula is C19H25BrO3S. The number of esters is 1. The van der Waals surface area contributed by atoms with Gasteiger partial charge in [0.2, 0.25) is 0 Å². The molecule has 1 atom stereocenters. The van der Waals surface area contributed by atoms with Gasteiger partial charge in [-0.15, -0.1) is 11.8 Å². The van der Waals surface area contributed by atoms with Crippen LogP contribution in [-0.2, 0) is 9.53 Å². The van der Waals surface area contributed by atoms with Crippen molar-refractivity contribution < 1.29 is 13.9 Å². The van der Waals surface area contributed by atoms with Crippen molar-refractivity contribution >= 4 is 44.6 Å². The Bertz CT molecular complexity index is 653. The fourth-order valence-corrected chi connectivity index (χ4v) is 4.17. The number of hydrogen-bond donors (Lipinski definition) is 0. The summed E-state index contributed by atoms with van der Waals surface area (Å²) in [6, 6.07) is 6.05. The Labute approximate surface area is 156 Å². The van der Waals surface area contributed by atoms with Crippen molar-refractivity contribution in [2.75, 3.05) is 12.4 Å². The zero-order chi connectivity index (χ0) is 17.4. The van der Waals surface area contributed by atoms with Crippen LogP contribution in [0.1, 0.15) is 46.0 Å². The predicted molar refractivity (Wildman–Crippen MR) is 104 cm³/mol. The van der Waals surface area contributed by atoms with Crippen molar-refractivity contribution in [3.05, 3.63) is 28.9 Å². The molecule has 0 aliphatic heterocycles. The second-order valence-electron chi connectivity index (χ2n) is 5.94. The van der Waals surface area contributed by atoms with Crippen LogP contribution in [0, 0.1) is 5.92 Å². The maximum absolute atomic E-state index is 11.9. The molecular weight excluding hydrogens is 388 g/mol. The zero-order valence-corrected chi connectivity index (χ0v) is 16.7. The van der Waals surface area contributed by atoms with E-state index < -0.39 is 0 Å². The van der Waals surface area contributed by atoms with E-state index in [2.05, 4.69) is 35.8 Å². The van der Waals surface area contributed by atoms with Gasteiger partial charge >= 0.3 is 5.97 Å². The molecule has 0 spiro atoms. The highest BCUT2D eigenvalue weighted by molar-refractivity contribution is 9.10. The largest absolute Gasteiger partial charge is 0.465 e. The summed E-state index contributed by atoms with van der Waals surface area (Å²) in [7, 11) is 0. The maximum atomic E-state index is 11.9. The first-order chi connectivity index (χ1) is 11.6. The second-order valence-corrected chi connectivity index (χ2v) is 7.96. The van der Waals surface area contributed by atoms with Crippen molar-refractivity contribution in [2.24, 2.45) is 5.92 Å². The van der Waals surface area contributed by atoms with Crippen molar-refractivity contribution in [2.45, 2.75) is 50.8 Å². The molecule has 2 rings (SSSR count). The Morgan fingerprint density at radius 1 is 1.38 bits per heavy atom. The average molecular weight is 413 g/mol. The Morgan fingerprint density at radius 2 is 2.21 bits per heavy atom. The van der Waals surface area contributed by atoms with Crippen LogP contribution in [0.5, 0.6) is 0 Å². The summed E-state index contributed by atoms with van der Waals surface area (Å²) in [5.74, 6) is 1.13. The van der Waals surface area contributed by atoms with Crippen LogP contribution in [0.2, 0.25) is 0 Å². The van der Waals surface area contributed by atoms with Crippen molar-refractivity contribution in [1.82, 2.24) is 0 Å². The monoisotopic (exact) mass is 412 g/mol. The molecule has 5 heteroatoms. The zero-order valence-electron chi connectivity index (χ0n) is 14.3. The lowest BCUT2D eigenvalue weighted by Crippen LogP contribution is -2.14. The molecule has 1 aromatic carbocycles. The van der Waals surface area contributed by atoms with Gasteiger partial charge < -0.3 is 9.15 Å². The highest BCUT2D eigenvalue weighted by Gasteiger charge is 2.11. The highest BCUT2D eigenvalue weighted by Crippen LogP contribution is 2.31. The van der Waals surface area contributed by atoms with Crippen LogP contribution < -0.4 is 0 Å². The third kappa shape index (κ3) is 5.85. The fraction of sp³-hybridized carbons (Fsp3) is 0.526. The second kappa shape index (κ2) is 10.1. The number of benzene rings is 1. The van der Waals surface area contributed by atoms with Gasteiger partial charge in [-0.25, -0.2) is 0 Å². The predicted octanol–water partition coefficient (Wildman–Crippen LogP) is 6.44. The first kappa shape index (κ1) is 19.4. The molecule has 0 bridgehead atoms. The first-order valence-corrected chi connectivity index (χ1v) is 10.4. The summed E-state index contributed by atoms with van der Waals surface area (Å²) < 4.78 is 11.8. The minimum Gasteiger partial charge on any atom is -0.465 e. The standard InChI is InChI=1S/C19H25BrO3S/c1-3-5-6-14(4-2)13-23-18(21)8-10-24-16-11-15-7-9-22-19(15)17(20)12-16/h7,9,11-12,14H,3-6,8,10,13H2,1-2H3. The lowest BCUT2D eigenvalue weighted by Gasteiger charge is -2.14. The molecule has 1 heterocycles. The van der Waals surface area contributed by atoms with E-state index in [1.54, 1.807) is 18.0 Å². The maximum Gasteiger partial charge on any atom is 0.306 e. The molecule has 0 aliphatic carbocycles. The molecule has 0 fully saturated rings. The average Bonchev–Trinajstić information content (AvgIpc) is 3.04. The summed E-state index contributed by atoms with van der Waals surface area (Å²) in [6.07, 6.45) is 6.74. The summed E-state index contributed by atoms with van der Waals surface area (Å²) in [5, 5.41) is 1.07. The highest BCUT2D eigenvalue weighted by atomic mass is 79.9. The third-order valence-electron chi connectivity index (χ3n) is 4.08. The number of carbonyl (C=O) groups excluding carboxylic acids is 1. The lowest BCUT2D eigenvalue weighted by atomic mass is 10.0. The minimum absolute atomic E-state index is 0.0964. The van der Waals surface area contributed by atoms with Gasteiger partial charge in [-0.2, -0.15) is 0 Å². The van der Waals surface area contributed by atoms with Crippen molar-refractivity contribution in [1.29, 1.82) is 0 Å². The van der Waals surface area contributed by atoms with E-state index >= 15 is 0 Å². The summed E-state index contributed by atoms with van der Waals surface area (Å²) in [6.45, 7) is 4.91. The van der Waals surface area contributed by atoms with Crippen LogP contribution in [-0.4, -0.2) is 18.3 Å². The summed E-state index contributed by atoms with van der Waals surface area (Å²) in [5.41, 5.74) is 0.858. The normalized spacial score (nSPS) is 12.5. The molecule has 0 saturated carbocycles. The van der Waals surface area contributed by atoms with Gasteiger partial charge in [0.05, 0.1) is 23.8 Å². The van der Waals surface area contributed by atoms with E-state index in [1.807, 2.05) is 12.1 Å². The Hall–Kier alpha value is -0.940. The molecule has 1 unspecified atom stereocenters. The van der Waals surface area contributed by atoms with Gasteiger partial charge in [-0.1, -0.05) is 33.1 Å². The minimum atomic E-state index is -0.0964. The van der Waals surface area contributed by atoms with E-state index in [4.69, 9.17) is 9.15 Å². The van der Waals surface area contributed by atoms with E-state index in [9.17, 15) is 4.79 Å². The number of thioether (sulfide) groups is 1. The molecule has 1 aromatic heterocycles. The number of ether oxygens (including phenoxy) is 1. The third-order valence-corrected chi connectivity index (χ3v) is 5.64. The van der Waals surface area contributed by atoms with E-state index in [1.165, 1.54) is 12.8 Å². The molecule has 3 nitrogen and oxygen atoms in total. The molecule has 0 N–H and O–H groups in total. The fourth-order valence-electron chi connectivity index (χ4n) is 2.53. The van der Waals surface area contributed by atoms with E-state index in [0.717, 1.165) is 38.9 Å². The van der Waals surface area contributed by atoms with Crippen LogP contribution in [0.25, 0.3) is 11.0 Å². The quantitative estimate of drug-likeness (QED) is 0.332. The van der Waals surface area contributed by atoms with Crippen LogP contribution in [0.3, 0.4) is 0 Å². The first-order valence-electron chi connectivity index (χ1n) is 8.59. The molecule has 0 saturated heterocycles. The van der Waals surface area contributed by atoms with E-state index in [0.29, 0.717) is 18.9 Å². The number of fused-ring (bicyclic) bond motifs is 1. The Kier molecular flexibility index (Phi) is 8.19. The smallest absolute Gasteiger partial charge is 0.306 e. The molecule has 0 amide bonds. The molecule has 24 heavy (non-hydrogen) atoms. The number of rotatable bonds is 10. The Morgan fingerprint density at radius 3 is 2.96 bits per heavy atom. The number of furan rings is 1. The molecule has 0 aliphatic rings. The molecule has 0 radical (unpaired) electrons. The number of carbonyl (C=O) groups is 1. The van der Waals surface area contributed by atoms with Gasteiger partial charge in [-0.3, -0.25) is 4.79 Å². The SMILES string of the molecule is CCCCC(CC)COC(=O)CCSc1cc(Br)c2occc2c1.